The summed E-state index contributed by atoms with van der Waals surface area (Å²) in [5, 5.41) is 14.1. The van der Waals surface area contributed by atoms with Crippen LogP contribution in [-0.2, 0) is 6.54 Å². The average Bonchev–Trinajstić information content (AvgIpc) is 3.21. The SMILES string of the molecule is Cc1nc(C)n(CCCNC(=O)c2ccc(-c3ccn[nH]3)cc2)n1. The normalized spacial score (nSPS) is 10.8. The quantitative estimate of drug-likeness (QED) is 0.680. The van der Waals surface area contributed by atoms with Crippen LogP contribution in [0.4, 0.5) is 0 Å². The number of aryl methyl sites for hydroxylation is 3. The zero-order valence-corrected chi connectivity index (χ0v) is 13.8. The van der Waals surface area contributed by atoms with Gasteiger partial charge in [0, 0.05) is 24.8 Å². The first-order valence-corrected chi connectivity index (χ1v) is 7.89. The molecule has 7 heteroatoms. The van der Waals surface area contributed by atoms with Crippen LogP contribution >= 0.6 is 0 Å². The number of hydrogen-bond acceptors (Lipinski definition) is 4. The van der Waals surface area contributed by atoms with E-state index in [1.165, 1.54) is 0 Å². The number of carbonyl (C=O) groups is 1. The van der Waals surface area contributed by atoms with Crippen LogP contribution in [0.25, 0.3) is 11.3 Å². The molecule has 0 saturated carbocycles. The van der Waals surface area contributed by atoms with Crippen LogP contribution in [-0.4, -0.2) is 37.4 Å². The maximum atomic E-state index is 12.2. The van der Waals surface area contributed by atoms with Gasteiger partial charge in [0.2, 0.25) is 0 Å². The predicted octanol–water partition coefficient (Wildman–Crippen LogP) is 2.11. The van der Waals surface area contributed by atoms with Gasteiger partial charge in [0.1, 0.15) is 11.6 Å². The molecule has 1 aromatic carbocycles. The van der Waals surface area contributed by atoms with Crippen LogP contribution < -0.4 is 5.32 Å². The molecule has 0 aliphatic heterocycles. The lowest BCUT2D eigenvalue weighted by molar-refractivity contribution is 0.0952. The van der Waals surface area contributed by atoms with E-state index in [1.807, 2.05) is 48.9 Å². The molecule has 24 heavy (non-hydrogen) atoms. The van der Waals surface area contributed by atoms with Gasteiger partial charge in [-0.1, -0.05) is 12.1 Å². The van der Waals surface area contributed by atoms with Crippen LogP contribution in [0.1, 0.15) is 28.4 Å². The fraction of sp³-hybridized carbons (Fsp3) is 0.294. The van der Waals surface area contributed by atoms with E-state index in [2.05, 4.69) is 25.6 Å². The lowest BCUT2D eigenvalue weighted by atomic mass is 10.1. The number of aromatic nitrogens is 5. The summed E-state index contributed by atoms with van der Waals surface area (Å²) in [5.74, 6) is 1.60. The number of benzene rings is 1. The molecular formula is C17H20N6O. The fourth-order valence-electron chi connectivity index (χ4n) is 2.52. The Morgan fingerprint density at radius 2 is 2.00 bits per heavy atom. The number of rotatable bonds is 6. The minimum Gasteiger partial charge on any atom is -0.352 e. The molecule has 3 rings (SSSR count). The first-order chi connectivity index (χ1) is 11.6. The van der Waals surface area contributed by atoms with Crippen molar-refractivity contribution >= 4 is 5.91 Å². The predicted molar refractivity (Wildman–Crippen MR) is 90.5 cm³/mol. The van der Waals surface area contributed by atoms with E-state index < -0.39 is 0 Å². The van der Waals surface area contributed by atoms with E-state index in [0.717, 1.165) is 35.9 Å². The van der Waals surface area contributed by atoms with Gasteiger partial charge in [0.05, 0.1) is 5.69 Å². The third-order valence-corrected chi connectivity index (χ3v) is 3.75. The van der Waals surface area contributed by atoms with E-state index in [4.69, 9.17) is 0 Å². The van der Waals surface area contributed by atoms with Crippen LogP contribution in [0, 0.1) is 13.8 Å². The Kier molecular flexibility index (Phi) is 4.69. The van der Waals surface area contributed by atoms with Crippen LogP contribution in [0.15, 0.2) is 36.5 Å². The first-order valence-electron chi connectivity index (χ1n) is 7.89. The second-order valence-electron chi connectivity index (χ2n) is 5.59. The van der Waals surface area contributed by atoms with E-state index in [1.54, 1.807) is 6.20 Å². The van der Waals surface area contributed by atoms with Crippen LogP contribution in [0.3, 0.4) is 0 Å². The van der Waals surface area contributed by atoms with E-state index in [9.17, 15) is 4.79 Å². The van der Waals surface area contributed by atoms with Crippen molar-refractivity contribution in [2.45, 2.75) is 26.8 Å². The third-order valence-electron chi connectivity index (χ3n) is 3.75. The van der Waals surface area contributed by atoms with Crippen LogP contribution in [0.5, 0.6) is 0 Å². The van der Waals surface area contributed by atoms with Crippen molar-refractivity contribution in [2.75, 3.05) is 6.54 Å². The molecule has 0 bridgehead atoms. The Morgan fingerprint density at radius 1 is 1.21 bits per heavy atom. The van der Waals surface area contributed by atoms with Crippen molar-refractivity contribution < 1.29 is 4.79 Å². The molecule has 0 aliphatic carbocycles. The number of aromatic amines is 1. The maximum Gasteiger partial charge on any atom is 0.251 e. The molecule has 0 spiro atoms. The summed E-state index contributed by atoms with van der Waals surface area (Å²) in [6, 6.07) is 9.34. The molecule has 0 aliphatic rings. The van der Waals surface area contributed by atoms with Gasteiger partial charge in [-0.05, 0) is 44.0 Å². The Labute approximate surface area is 140 Å². The van der Waals surface area contributed by atoms with Gasteiger partial charge in [0.15, 0.2) is 0 Å². The van der Waals surface area contributed by atoms with Gasteiger partial charge in [-0.2, -0.15) is 10.2 Å². The molecule has 2 heterocycles. The van der Waals surface area contributed by atoms with Crippen molar-refractivity contribution in [3.8, 4) is 11.3 Å². The summed E-state index contributed by atoms with van der Waals surface area (Å²) in [6.45, 7) is 5.14. The number of carbonyl (C=O) groups excluding carboxylic acids is 1. The first kappa shape index (κ1) is 15.9. The number of H-pyrrole nitrogens is 1. The highest BCUT2D eigenvalue weighted by atomic mass is 16.1. The summed E-state index contributed by atoms with van der Waals surface area (Å²) < 4.78 is 1.86. The number of nitrogens with one attached hydrogen (secondary N) is 2. The molecule has 3 aromatic rings. The van der Waals surface area contributed by atoms with Gasteiger partial charge in [-0.15, -0.1) is 0 Å². The topological polar surface area (TPSA) is 88.5 Å². The second kappa shape index (κ2) is 7.08. The molecular weight excluding hydrogens is 304 g/mol. The lowest BCUT2D eigenvalue weighted by Gasteiger charge is -2.07. The Balaban J connectivity index is 1.49. The van der Waals surface area contributed by atoms with Gasteiger partial charge in [-0.3, -0.25) is 14.6 Å². The number of hydrogen-bond donors (Lipinski definition) is 2. The van der Waals surface area contributed by atoms with E-state index in [-0.39, 0.29) is 5.91 Å². The highest BCUT2D eigenvalue weighted by molar-refractivity contribution is 5.94. The van der Waals surface area contributed by atoms with Crippen molar-refractivity contribution in [3.05, 3.63) is 53.7 Å². The average molecular weight is 324 g/mol. The van der Waals surface area contributed by atoms with Gasteiger partial charge in [0.25, 0.3) is 5.91 Å². The Bertz CT molecular complexity index is 804. The van der Waals surface area contributed by atoms with Crippen molar-refractivity contribution in [1.82, 2.24) is 30.3 Å². The molecule has 0 saturated heterocycles. The molecule has 0 fully saturated rings. The van der Waals surface area contributed by atoms with Crippen LogP contribution in [0.2, 0.25) is 0 Å². The molecule has 7 nitrogen and oxygen atoms in total. The van der Waals surface area contributed by atoms with Crippen molar-refractivity contribution in [3.63, 3.8) is 0 Å². The lowest BCUT2D eigenvalue weighted by Crippen LogP contribution is -2.25. The summed E-state index contributed by atoms with van der Waals surface area (Å²) in [4.78, 5) is 16.4. The molecule has 2 N–H and O–H groups in total. The van der Waals surface area contributed by atoms with Crippen molar-refractivity contribution in [2.24, 2.45) is 0 Å². The number of nitrogens with zero attached hydrogens (tertiary/aromatic N) is 4. The zero-order valence-electron chi connectivity index (χ0n) is 13.8. The monoisotopic (exact) mass is 324 g/mol. The molecule has 124 valence electrons. The summed E-state index contributed by atoms with van der Waals surface area (Å²) in [5.41, 5.74) is 2.58. The fourth-order valence-corrected chi connectivity index (χ4v) is 2.52. The number of amides is 1. The summed E-state index contributed by atoms with van der Waals surface area (Å²) in [7, 11) is 0. The minimum absolute atomic E-state index is 0.0716. The highest BCUT2D eigenvalue weighted by Crippen LogP contribution is 2.16. The maximum absolute atomic E-state index is 12.2. The molecule has 1 amide bonds. The molecule has 0 radical (unpaired) electrons. The zero-order chi connectivity index (χ0) is 16.9. The standard InChI is InChI=1S/C17H20N6O/c1-12-20-13(2)23(22-12)11-3-9-18-17(24)15-6-4-14(5-7-15)16-8-10-19-21-16/h4-8,10H,3,9,11H2,1-2H3,(H,18,24)(H,19,21). The Morgan fingerprint density at radius 3 is 2.62 bits per heavy atom. The Hall–Kier alpha value is -2.96. The third kappa shape index (κ3) is 3.68. The minimum atomic E-state index is -0.0716. The van der Waals surface area contributed by atoms with Gasteiger partial charge >= 0.3 is 0 Å². The van der Waals surface area contributed by atoms with Gasteiger partial charge in [-0.25, -0.2) is 4.98 Å². The van der Waals surface area contributed by atoms with Crippen molar-refractivity contribution in [1.29, 1.82) is 0 Å². The second-order valence-corrected chi connectivity index (χ2v) is 5.59. The molecule has 0 atom stereocenters. The van der Waals surface area contributed by atoms with E-state index in [0.29, 0.717) is 12.1 Å². The van der Waals surface area contributed by atoms with Gasteiger partial charge < -0.3 is 5.32 Å². The summed E-state index contributed by atoms with van der Waals surface area (Å²) in [6.07, 6.45) is 2.51. The summed E-state index contributed by atoms with van der Waals surface area (Å²) >= 11 is 0. The largest absolute Gasteiger partial charge is 0.352 e. The smallest absolute Gasteiger partial charge is 0.251 e. The van der Waals surface area contributed by atoms with E-state index >= 15 is 0 Å². The molecule has 2 aromatic heterocycles. The molecule has 0 unspecified atom stereocenters. The highest BCUT2D eigenvalue weighted by Gasteiger charge is 2.07.